The summed E-state index contributed by atoms with van der Waals surface area (Å²) >= 11 is 0. The summed E-state index contributed by atoms with van der Waals surface area (Å²) in [7, 11) is -3.48. The lowest BCUT2D eigenvalue weighted by atomic mass is 10.1. The lowest BCUT2D eigenvalue weighted by Gasteiger charge is -2.13. The Morgan fingerprint density at radius 2 is 1.89 bits per heavy atom. The number of H-pyrrole nitrogens is 1. The molecule has 0 aliphatic carbocycles. The summed E-state index contributed by atoms with van der Waals surface area (Å²) in [6.45, 7) is 0. The number of sulfone groups is 1. The second kappa shape index (κ2) is 6.15. The molecule has 0 saturated carbocycles. The van der Waals surface area contributed by atoms with Crippen LogP contribution in [0.25, 0.3) is 10.9 Å². The molecule has 27 heavy (non-hydrogen) atoms. The van der Waals surface area contributed by atoms with Gasteiger partial charge in [-0.15, -0.1) is 0 Å². The molecule has 0 saturated heterocycles. The molecule has 1 aliphatic heterocycles. The Kier molecular flexibility index (Phi) is 4.33. The lowest BCUT2D eigenvalue weighted by molar-refractivity contribution is -0.142. The summed E-state index contributed by atoms with van der Waals surface area (Å²) in [6.07, 6.45) is -4.15. The SMILES string of the molecule is O=C(N[C@@H]1C=CS(=O)(=O)C1)c1cc2cc(F)c(C(F)(F)F)c(F)c2[nH]c1=O. The average molecular weight is 408 g/mol. The van der Waals surface area contributed by atoms with Gasteiger partial charge in [-0.2, -0.15) is 13.2 Å². The van der Waals surface area contributed by atoms with E-state index in [4.69, 9.17) is 0 Å². The van der Waals surface area contributed by atoms with E-state index in [1.54, 1.807) is 4.98 Å². The number of pyridine rings is 1. The van der Waals surface area contributed by atoms with E-state index in [0.29, 0.717) is 6.07 Å². The zero-order valence-corrected chi connectivity index (χ0v) is 13.8. The fourth-order valence-electron chi connectivity index (χ4n) is 2.62. The van der Waals surface area contributed by atoms with E-state index in [2.05, 4.69) is 5.32 Å². The van der Waals surface area contributed by atoms with E-state index in [-0.39, 0.29) is 0 Å². The van der Waals surface area contributed by atoms with Crippen molar-refractivity contribution >= 4 is 26.6 Å². The Balaban J connectivity index is 2.04. The monoisotopic (exact) mass is 408 g/mol. The van der Waals surface area contributed by atoms with Crippen molar-refractivity contribution in [3.63, 3.8) is 0 Å². The van der Waals surface area contributed by atoms with Crippen LogP contribution in [0.2, 0.25) is 0 Å². The van der Waals surface area contributed by atoms with Crippen molar-refractivity contribution in [3.8, 4) is 0 Å². The van der Waals surface area contributed by atoms with Crippen LogP contribution < -0.4 is 10.9 Å². The minimum absolute atomic E-state index is 0.341. The van der Waals surface area contributed by atoms with E-state index in [9.17, 15) is 40.0 Å². The van der Waals surface area contributed by atoms with Gasteiger partial charge in [-0.05, 0) is 18.2 Å². The van der Waals surface area contributed by atoms with Crippen molar-refractivity contribution in [2.24, 2.45) is 0 Å². The number of nitrogens with one attached hydrogen (secondary N) is 2. The van der Waals surface area contributed by atoms with Gasteiger partial charge in [-0.25, -0.2) is 17.2 Å². The molecule has 12 heteroatoms. The summed E-state index contributed by atoms with van der Waals surface area (Å²) < 4.78 is 88.6. The predicted octanol–water partition coefficient (Wildman–Crippen LogP) is 1.87. The van der Waals surface area contributed by atoms with Gasteiger partial charge in [0.15, 0.2) is 15.7 Å². The Morgan fingerprint density at radius 1 is 1.22 bits per heavy atom. The number of hydrogen-bond acceptors (Lipinski definition) is 4. The van der Waals surface area contributed by atoms with E-state index in [1.807, 2.05) is 0 Å². The molecule has 0 radical (unpaired) electrons. The third-order valence-electron chi connectivity index (χ3n) is 3.81. The van der Waals surface area contributed by atoms with Gasteiger partial charge in [0.25, 0.3) is 11.5 Å². The lowest BCUT2D eigenvalue weighted by Crippen LogP contribution is -2.38. The highest BCUT2D eigenvalue weighted by Gasteiger charge is 2.39. The molecule has 1 aromatic heterocycles. The fraction of sp³-hybridized carbons (Fsp3) is 0.200. The number of amides is 1. The summed E-state index contributed by atoms with van der Waals surface area (Å²) in [5.41, 5.74) is -4.93. The standard InChI is InChI=1S/C15H9F5N2O4S/c16-9-4-6-3-8(13(23)21-7-1-2-27(25,26)5-7)14(24)22-12(6)11(17)10(9)15(18,19)20/h1-4,7H,5H2,(H,21,23)(H,22,24)/t7-/m1/s1. The van der Waals surface area contributed by atoms with E-state index >= 15 is 0 Å². The van der Waals surface area contributed by atoms with Gasteiger partial charge in [-0.1, -0.05) is 0 Å². The van der Waals surface area contributed by atoms with Gasteiger partial charge in [0.05, 0.1) is 17.3 Å². The summed E-state index contributed by atoms with van der Waals surface area (Å²) in [5.74, 6) is -5.39. The molecular weight excluding hydrogens is 399 g/mol. The molecule has 1 atom stereocenters. The van der Waals surface area contributed by atoms with E-state index in [1.165, 1.54) is 6.08 Å². The van der Waals surface area contributed by atoms with Gasteiger partial charge in [0.2, 0.25) is 0 Å². The van der Waals surface area contributed by atoms with Gasteiger partial charge in [-0.3, -0.25) is 9.59 Å². The van der Waals surface area contributed by atoms with Crippen LogP contribution in [-0.4, -0.2) is 31.1 Å². The number of benzene rings is 1. The van der Waals surface area contributed by atoms with Crippen molar-refractivity contribution in [1.82, 2.24) is 10.3 Å². The van der Waals surface area contributed by atoms with Crippen molar-refractivity contribution in [1.29, 1.82) is 0 Å². The molecule has 3 rings (SSSR count). The molecule has 1 amide bonds. The first kappa shape index (κ1) is 19.0. The molecule has 1 aliphatic rings. The summed E-state index contributed by atoms with van der Waals surface area (Å²) in [6, 6.07) is 0.148. The quantitative estimate of drug-likeness (QED) is 0.742. The Hall–Kier alpha value is -2.76. The van der Waals surface area contributed by atoms with Crippen LogP contribution in [0.3, 0.4) is 0 Å². The fourth-order valence-corrected chi connectivity index (χ4v) is 3.86. The Labute approximate surface area is 147 Å². The molecule has 2 aromatic rings. The average Bonchev–Trinajstić information content (AvgIpc) is 2.85. The first-order valence-corrected chi connectivity index (χ1v) is 8.94. The topological polar surface area (TPSA) is 96.1 Å². The van der Waals surface area contributed by atoms with Crippen molar-refractivity contribution in [2.45, 2.75) is 12.2 Å². The summed E-state index contributed by atoms with van der Waals surface area (Å²) in [4.78, 5) is 25.9. The van der Waals surface area contributed by atoms with Gasteiger partial charge in [0.1, 0.15) is 16.9 Å². The highest BCUT2D eigenvalue weighted by atomic mass is 32.2. The van der Waals surface area contributed by atoms with Crippen LogP contribution in [0.15, 0.2) is 28.4 Å². The minimum Gasteiger partial charge on any atom is -0.345 e. The zero-order valence-electron chi connectivity index (χ0n) is 13.0. The number of halogens is 5. The summed E-state index contributed by atoms with van der Waals surface area (Å²) in [5, 5.41) is 2.64. The molecular formula is C15H9F5N2O4S. The first-order valence-electron chi connectivity index (χ1n) is 7.23. The highest BCUT2D eigenvalue weighted by molar-refractivity contribution is 7.94. The predicted molar refractivity (Wildman–Crippen MR) is 83.7 cm³/mol. The van der Waals surface area contributed by atoms with Crippen LogP contribution in [0.4, 0.5) is 22.0 Å². The molecule has 2 heterocycles. The largest absolute Gasteiger partial charge is 0.422 e. The van der Waals surface area contributed by atoms with Crippen LogP contribution in [0, 0.1) is 11.6 Å². The maximum atomic E-state index is 14.0. The van der Waals surface area contributed by atoms with Crippen molar-refractivity contribution in [3.05, 3.63) is 56.7 Å². The first-order chi connectivity index (χ1) is 12.4. The number of fused-ring (bicyclic) bond motifs is 1. The number of rotatable bonds is 2. The molecule has 0 fully saturated rings. The van der Waals surface area contributed by atoms with Gasteiger partial charge < -0.3 is 10.3 Å². The molecule has 0 bridgehead atoms. The smallest absolute Gasteiger partial charge is 0.345 e. The normalized spacial score (nSPS) is 18.8. The third-order valence-corrected chi connectivity index (χ3v) is 5.20. The van der Waals surface area contributed by atoms with E-state index < -0.39 is 72.9 Å². The van der Waals surface area contributed by atoms with Crippen LogP contribution >= 0.6 is 0 Å². The van der Waals surface area contributed by atoms with E-state index in [0.717, 1.165) is 11.5 Å². The second-order valence-corrected chi connectivity index (χ2v) is 7.69. The number of aromatic nitrogens is 1. The second-order valence-electron chi connectivity index (χ2n) is 5.76. The number of aromatic amines is 1. The van der Waals surface area contributed by atoms with Crippen LogP contribution in [0.1, 0.15) is 15.9 Å². The molecule has 0 unspecified atom stereocenters. The Morgan fingerprint density at radius 3 is 2.44 bits per heavy atom. The molecule has 0 spiro atoms. The molecule has 1 aromatic carbocycles. The number of carbonyl (C=O) groups is 1. The maximum absolute atomic E-state index is 14.0. The van der Waals surface area contributed by atoms with Gasteiger partial charge in [0, 0.05) is 10.8 Å². The molecule has 6 nitrogen and oxygen atoms in total. The van der Waals surface area contributed by atoms with Crippen LogP contribution in [-0.2, 0) is 16.0 Å². The number of alkyl halides is 3. The molecule has 144 valence electrons. The van der Waals surface area contributed by atoms with Crippen molar-refractivity contribution in [2.75, 3.05) is 5.75 Å². The zero-order chi connectivity index (χ0) is 20.1. The van der Waals surface area contributed by atoms with Crippen LogP contribution in [0.5, 0.6) is 0 Å². The third kappa shape index (κ3) is 3.56. The minimum atomic E-state index is -5.32. The number of carbonyl (C=O) groups excluding carboxylic acids is 1. The Bertz CT molecular complexity index is 1150. The number of hydrogen-bond donors (Lipinski definition) is 2. The molecule has 2 N–H and O–H groups in total. The van der Waals surface area contributed by atoms with Gasteiger partial charge >= 0.3 is 6.18 Å². The van der Waals surface area contributed by atoms with Crippen molar-refractivity contribution < 1.29 is 35.2 Å². The maximum Gasteiger partial charge on any atom is 0.422 e. The highest BCUT2D eigenvalue weighted by Crippen LogP contribution is 2.36.